The van der Waals surface area contributed by atoms with Crippen LogP contribution in [-0.4, -0.2) is 28.3 Å². The third kappa shape index (κ3) is 3.34. The standard InChI is InChI=1S/C11H20N4O/c1-4-10-9(7-15(3)14-10)11(16)13-6-5-8(2)12/h7-8H,4-6,12H2,1-3H3,(H,13,16). The maximum Gasteiger partial charge on any atom is 0.254 e. The Morgan fingerprint density at radius 2 is 2.38 bits per heavy atom. The monoisotopic (exact) mass is 224 g/mol. The van der Waals surface area contributed by atoms with Gasteiger partial charge in [-0.3, -0.25) is 9.48 Å². The third-order valence-electron chi connectivity index (χ3n) is 2.37. The fourth-order valence-electron chi connectivity index (χ4n) is 1.49. The zero-order valence-electron chi connectivity index (χ0n) is 10.2. The van der Waals surface area contributed by atoms with Gasteiger partial charge in [-0.25, -0.2) is 0 Å². The van der Waals surface area contributed by atoms with Crippen LogP contribution in [0.5, 0.6) is 0 Å². The van der Waals surface area contributed by atoms with E-state index < -0.39 is 0 Å². The molecule has 0 saturated heterocycles. The molecule has 90 valence electrons. The molecule has 0 saturated carbocycles. The van der Waals surface area contributed by atoms with Crippen LogP contribution in [0.4, 0.5) is 0 Å². The molecular formula is C11H20N4O. The van der Waals surface area contributed by atoms with Crippen LogP contribution in [0.15, 0.2) is 6.20 Å². The van der Waals surface area contributed by atoms with Gasteiger partial charge in [-0.15, -0.1) is 0 Å². The van der Waals surface area contributed by atoms with Crippen molar-refractivity contribution in [2.24, 2.45) is 12.8 Å². The molecule has 3 N–H and O–H groups in total. The molecule has 1 rings (SSSR count). The molecule has 5 heteroatoms. The molecule has 0 spiro atoms. The average molecular weight is 224 g/mol. The van der Waals surface area contributed by atoms with Gasteiger partial charge in [-0.2, -0.15) is 5.10 Å². The minimum absolute atomic E-state index is 0.0643. The van der Waals surface area contributed by atoms with E-state index in [0.29, 0.717) is 12.1 Å². The molecule has 0 aromatic carbocycles. The van der Waals surface area contributed by atoms with Gasteiger partial charge in [0.2, 0.25) is 0 Å². The Morgan fingerprint density at radius 1 is 1.69 bits per heavy atom. The lowest BCUT2D eigenvalue weighted by molar-refractivity contribution is 0.0952. The highest BCUT2D eigenvalue weighted by atomic mass is 16.1. The Balaban J connectivity index is 2.58. The van der Waals surface area contributed by atoms with Crippen molar-refractivity contribution in [3.8, 4) is 0 Å². The molecule has 16 heavy (non-hydrogen) atoms. The Bertz CT molecular complexity index is 357. The van der Waals surface area contributed by atoms with Crippen LogP contribution in [0.2, 0.25) is 0 Å². The summed E-state index contributed by atoms with van der Waals surface area (Å²) in [6.07, 6.45) is 3.30. The highest BCUT2D eigenvalue weighted by Gasteiger charge is 2.13. The summed E-state index contributed by atoms with van der Waals surface area (Å²) in [6.45, 7) is 4.52. The minimum Gasteiger partial charge on any atom is -0.352 e. The van der Waals surface area contributed by atoms with Crippen LogP contribution in [0.25, 0.3) is 0 Å². The zero-order valence-corrected chi connectivity index (χ0v) is 10.2. The molecule has 1 atom stereocenters. The van der Waals surface area contributed by atoms with Crippen molar-refractivity contribution >= 4 is 5.91 Å². The van der Waals surface area contributed by atoms with Crippen LogP contribution >= 0.6 is 0 Å². The van der Waals surface area contributed by atoms with Gasteiger partial charge in [0.15, 0.2) is 0 Å². The summed E-state index contributed by atoms with van der Waals surface area (Å²) in [6, 6.07) is 0.111. The molecule has 0 aliphatic carbocycles. The second-order valence-electron chi connectivity index (χ2n) is 4.04. The maximum absolute atomic E-state index is 11.8. The number of aromatic nitrogens is 2. The van der Waals surface area contributed by atoms with E-state index in [0.717, 1.165) is 18.5 Å². The zero-order chi connectivity index (χ0) is 12.1. The first kappa shape index (κ1) is 12.7. The largest absolute Gasteiger partial charge is 0.352 e. The molecule has 0 bridgehead atoms. The third-order valence-corrected chi connectivity index (χ3v) is 2.37. The number of rotatable bonds is 5. The predicted octanol–water partition coefficient (Wildman–Crippen LogP) is 0.450. The van der Waals surface area contributed by atoms with Gasteiger partial charge in [0, 0.05) is 25.8 Å². The lowest BCUT2D eigenvalue weighted by Crippen LogP contribution is -2.29. The smallest absolute Gasteiger partial charge is 0.254 e. The lowest BCUT2D eigenvalue weighted by Gasteiger charge is -2.06. The summed E-state index contributed by atoms with van der Waals surface area (Å²) in [5.41, 5.74) is 7.11. The number of hydrogen-bond acceptors (Lipinski definition) is 3. The number of nitrogens with zero attached hydrogens (tertiary/aromatic N) is 2. The number of aryl methyl sites for hydroxylation is 2. The van der Waals surface area contributed by atoms with Crippen molar-refractivity contribution in [2.75, 3.05) is 6.54 Å². The second kappa shape index (κ2) is 5.65. The molecule has 0 aliphatic rings. The number of carbonyl (C=O) groups excluding carboxylic acids is 1. The van der Waals surface area contributed by atoms with Crippen molar-refractivity contribution < 1.29 is 4.79 Å². The Labute approximate surface area is 96.0 Å². The SMILES string of the molecule is CCc1nn(C)cc1C(=O)NCCC(C)N. The summed E-state index contributed by atoms with van der Waals surface area (Å²) >= 11 is 0. The number of nitrogens with two attached hydrogens (primary N) is 1. The molecule has 0 aliphatic heterocycles. The number of hydrogen-bond donors (Lipinski definition) is 2. The Morgan fingerprint density at radius 3 is 2.94 bits per heavy atom. The first-order chi connectivity index (χ1) is 7.54. The molecular weight excluding hydrogens is 204 g/mol. The van der Waals surface area contributed by atoms with Gasteiger partial charge in [0.25, 0.3) is 5.91 Å². The fourth-order valence-corrected chi connectivity index (χ4v) is 1.49. The summed E-state index contributed by atoms with van der Waals surface area (Å²) < 4.78 is 1.67. The van der Waals surface area contributed by atoms with Crippen LogP contribution in [0.3, 0.4) is 0 Å². The van der Waals surface area contributed by atoms with Gasteiger partial charge in [0.05, 0.1) is 11.3 Å². The maximum atomic E-state index is 11.8. The molecule has 0 radical (unpaired) electrons. The van der Waals surface area contributed by atoms with Gasteiger partial charge in [-0.05, 0) is 19.8 Å². The van der Waals surface area contributed by atoms with Crippen LogP contribution in [-0.2, 0) is 13.5 Å². The molecule has 5 nitrogen and oxygen atoms in total. The number of carbonyl (C=O) groups is 1. The van der Waals surface area contributed by atoms with E-state index >= 15 is 0 Å². The van der Waals surface area contributed by atoms with E-state index in [1.165, 1.54) is 0 Å². The highest BCUT2D eigenvalue weighted by Crippen LogP contribution is 2.06. The van der Waals surface area contributed by atoms with E-state index in [1.54, 1.807) is 10.9 Å². The van der Waals surface area contributed by atoms with E-state index in [9.17, 15) is 4.79 Å². The number of amides is 1. The summed E-state index contributed by atoms with van der Waals surface area (Å²) in [5, 5.41) is 7.07. The Kier molecular flexibility index (Phi) is 4.49. The van der Waals surface area contributed by atoms with Gasteiger partial charge in [0.1, 0.15) is 0 Å². The van der Waals surface area contributed by atoms with Crippen molar-refractivity contribution in [3.05, 3.63) is 17.5 Å². The average Bonchev–Trinajstić information content (AvgIpc) is 2.59. The van der Waals surface area contributed by atoms with Crippen LogP contribution in [0.1, 0.15) is 36.3 Å². The molecule has 1 aromatic rings. The summed E-state index contributed by atoms with van der Waals surface area (Å²) in [4.78, 5) is 11.8. The second-order valence-corrected chi connectivity index (χ2v) is 4.04. The van der Waals surface area contributed by atoms with E-state index in [2.05, 4.69) is 10.4 Å². The van der Waals surface area contributed by atoms with Crippen LogP contribution < -0.4 is 11.1 Å². The van der Waals surface area contributed by atoms with E-state index in [1.807, 2.05) is 20.9 Å². The minimum atomic E-state index is -0.0643. The molecule has 1 amide bonds. The summed E-state index contributed by atoms with van der Waals surface area (Å²) in [5.74, 6) is -0.0643. The normalized spacial score (nSPS) is 12.5. The predicted molar refractivity (Wildman–Crippen MR) is 63.2 cm³/mol. The molecule has 0 fully saturated rings. The van der Waals surface area contributed by atoms with E-state index in [4.69, 9.17) is 5.73 Å². The van der Waals surface area contributed by atoms with E-state index in [-0.39, 0.29) is 11.9 Å². The first-order valence-corrected chi connectivity index (χ1v) is 5.60. The van der Waals surface area contributed by atoms with Gasteiger partial charge < -0.3 is 11.1 Å². The van der Waals surface area contributed by atoms with Crippen molar-refractivity contribution in [2.45, 2.75) is 32.7 Å². The fraction of sp³-hybridized carbons (Fsp3) is 0.636. The topological polar surface area (TPSA) is 72.9 Å². The van der Waals surface area contributed by atoms with Crippen LogP contribution in [0, 0.1) is 0 Å². The van der Waals surface area contributed by atoms with Gasteiger partial charge in [-0.1, -0.05) is 6.92 Å². The van der Waals surface area contributed by atoms with Crippen molar-refractivity contribution in [3.63, 3.8) is 0 Å². The lowest BCUT2D eigenvalue weighted by atomic mass is 10.2. The summed E-state index contributed by atoms with van der Waals surface area (Å²) in [7, 11) is 1.82. The quantitative estimate of drug-likeness (QED) is 0.762. The Hall–Kier alpha value is -1.36. The molecule has 1 heterocycles. The highest BCUT2D eigenvalue weighted by molar-refractivity contribution is 5.95. The number of nitrogens with one attached hydrogen (secondary N) is 1. The van der Waals surface area contributed by atoms with Crippen molar-refractivity contribution in [1.82, 2.24) is 15.1 Å². The first-order valence-electron chi connectivity index (χ1n) is 5.60. The molecule has 1 aromatic heterocycles. The van der Waals surface area contributed by atoms with Gasteiger partial charge >= 0.3 is 0 Å². The molecule has 1 unspecified atom stereocenters. The van der Waals surface area contributed by atoms with Crippen molar-refractivity contribution in [1.29, 1.82) is 0 Å².